The molecule has 4 aromatic carbocycles. The van der Waals surface area contributed by atoms with E-state index >= 15 is 0 Å². The van der Waals surface area contributed by atoms with E-state index in [2.05, 4.69) is 52.5 Å². The number of rotatable bonds is 44. The van der Waals surface area contributed by atoms with Gasteiger partial charge >= 0.3 is 0 Å². The Morgan fingerprint density at radius 1 is 0.268 bits per heavy atom. The van der Waals surface area contributed by atoms with Crippen LogP contribution in [0.1, 0.15) is 167 Å². The van der Waals surface area contributed by atoms with Crippen LogP contribution in [-0.4, -0.2) is 170 Å². The number of hydrogen-bond acceptors (Lipinski definition) is 18. The molecule has 0 unspecified atom stereocenters. The first-order chi connectivity index (χ1) is 54.5. The fourth-order valence-electron chi connectivity index (χ4n) is 13.3. The zero-order chi connectivity index (χ0) is 79.7. The number of benzene rings is 4. The van der Waals surface area contributed by atoms with Crippen LogP contribution in [0.25, 0.3) is 90.9 Å². The summed E-state index contributed by atoms with van der Waals surface area (Å²) in [6.45, 7) is 4.75. The third kappa shape index (κ3) is 23.5. The van der Waals surface area contributed by atoms with E-state index in [-0.39, 0.29) is 23.6 Å². The van der Waals surface area contributed by atoms with Crippen molar-refractivity contribution < 1.29 is 38.4 Å². The molecule has 5 heterocycles. The molecule has 9 rings (SSSR count). The van der Waals surface area contributed by atoms with Gasteiger partial charge in [-0.1, -0.05) is 48.5 Å². The van der Waals surface area contributed by atoms with E-state index in [1.807, 2.05) is 97.1 Å². The Kier molecular flexibility index (Phi) is 33.4. The Morgan fingerprint density at radius 2 is 0.464 bits per heavy atom. The van der Waals surface area contributed by atoms with Gasteiger partial charge in [0, 0.05) is 92.8 Å². The van der Waals surface area contributed by atoms with Gasteiger partial charge in [0.2, 0.25) is 23.6 Å². The van der Waals surface area contributed by atoms with E-state index in [0.717, 1.165) is 0 Å². The van der Waals surface area contributed by atoms with Crippen LogP contribution in [0.2, 0.25) is 0 Å². The van der Waals surface area contributed by atoms with Gasteiger partial charge in [0.05, 0.1) is 22.8 Å². The van der Waals surface area contributed by atoms with Gasteiger partial charge in [-0.05, 0) is 274 Å². The molecule has 0 saturated carbocycles. The number of amides is 8. The highest BCUT2D eigenvalue weighted by Crippen LogP contribution is 2.39. The van der Waals surface area contributed by atoms with Crippen molar-refractivity contribution in [1.82, 2.24) is 62.5 Å². The molecule has 0 spiro atoms. The van der Waals surface area contributed by atoms with Gasteiger partial charge in [-0.2, -0.15) is 0 Å². The summed E-state index contributed by atoms with van der Waals surface area (Å²) in [5, 5.41) is 23.4. The summed E-state index contributed by atoms with van der Waals surface area (Å²) in [6.07, 6.45) is 16.6. The summed E-state index contributed by atoms with van der Waals surface area (Å²) in [6, 6.07) is 32.7. The third-order valence-electron chi connectivity index (χ3n) is 19.5. The van der Waals surface area contributed by atoms with Crippen LogP contribution < -0.4 is 88.4 Å². The van der Waals surface area contributed by atoms with Crippen LogP contribution in [0.5, 0.6) is 0 Å². The normalized spacial score (nSPS) is 12.6. The fourth-order valence-corrected chi connectivity index (χ4v) is 13.3. The van der Waals surface area contributed by atoms with Crippen molar-refractivity contribution in [3.05, 3.63) is 166 Å². The average Bonchev–Trinajstić information content (AvgIpc) is 1.61. The summed E-state index contributed by atoms with van der Waals surface area (Å²) in [7, 11) is 0. The summed E-state index contributed by atoms with van der Waals surface area (Å²) < 4.78 is 0. The number of nitrogens with zero attached hydrogens (tertiary/aromatic N) is 2. The highest BCUT2D eigenvalue weighted by molar-refractivity contribution is 6.04. The number of carbonyl (C=O) groups is 8. The second-order valence-electron chi connectivity index (χ2n) is 27.8. The highest BCUT2D eigenvalue weighted by Gasteiger charge is 2.28. The van der Waals surface area contributed by atoms with Crippen molar-refractivity contribution >= 4 is 93.6 Å². The van der Waals surface area contributed by atoms with E-state index in [0.29, 0.717) is 293 Å². The minimum Gasteiger partial charge on any atom is -0.354 e. The fraction of sp³-hybridized carbons (Fsp3) is 0.381. The molecule has 112 heavy (non-hydrogen) atoms. The van der Waals surface area contributed by atoms with Crippen LogP contribution in [0, 0.1) is 0 Å². The highest BCUT2D eigenvalue weighted by atomic mass is 16.2. The summed E-state index contributed by atoms with van der Waals surface area (Å²) in [5.41, 5.74) is 57.3. The molecule has 8 amide bonds. The lowest BCUT2D eigenvalue weighted by atomic mass is 10.0. The molecule has 3 aromatic heterocycles. The molecule has 594 valence electrons. The lowest BCUT2D eigenvalue weighted by Gasteiger charge is -2.18. The maximum absolute atomic E-state index is 14.2. The number of unbranched alkanes of at least 4 members (excludes halogenated alkanes) is 4. The molecule has 4 atom stereocenters. The maximum Gasteiger partial charge on any atom is 0.251 e. The topological polar surface area (TPSA) is 498 Å². The van der Waals surface area contributed by atoms with Crippen LogP contribution >= 0.6 is 0 Å². The number of nitrogens with two attached hydrogens (primary N) is 8. The Balaban J connectivity index is 1.24. The third-order valence-corrected chi connectivity index (χ3v) is 19.5. The standard InChI is InChI=1S/C84H110N20O8/c85-41-5-1-13-69(81(109)93-49-9-45-89)101-77(105)57-25-17-53(18-26-57)73-61-33-35-63(97-61)74(54-19-27-58(28-20-54)78(106)102-70(14-2-6-42-86)82(110)94-50-10-46-90)65-37-39-67(99-65)76(56-23-31-60(32-24-56)80(108)104-72(16-4-8-44-88)84(112)96-52-12-48-92)68-40-38-66(100-68)75(64-36-34-62(73)98-64)55-21-29-59(30-22-55)79(107)103-71(15-3-7-43-87)83(111)95-51-11-47-91/h17-40,69-72,97,100H,1-16,41-52,85-92H2,(H,93,109)(H,94,110)(H,95,111)(H,96,112)(H,101,105)(H,102,106)(H,103,107)(H,104,108)/t69-,70-,71-,72-/m0/s1. The molecular formula is C84H110N20O8. The van der Waals surface area contributed by atoms with Gasteiger partial charge in [0.15, 0.2) is 0 Å². The number of H-pyrrole nitrogens is 2. The number of hydrogen-bond donors (Lipinski definition) is 18. The molecule has 0 saturated heterocycles. The second kappa shape index (κ2) is 44.1. The molecular weight excluding hydrogens is 1420 g/mol. The van der Waals surface area contributed by atoms with Gasteiger partial charge in [-0.15, -0.1) is 0 Å². The van der Waals surface area contributed by atoms with E-state index in [1.165, 1.54) is 0 Å². The second-order valence-corrected chi connectivity index (χ2v) is 27.8. The van der Waals surface area contributed by atoms with Gasteiger partial charge in [-0.25, -0.2) is 9.97 Å². The van der Waals surface area contributed by atoms with Crippen molar-refractivity contribution in [1.29, 1.82) is 0 Å². The SMILES string of the molecule is NCCCC[C@H](NC(=O)c1ccc(-c2c3nc(c(-c4ccc(C(=O)N[C@@H](CCCCN)C(=O)NCCCN)cc4)c4ccc([nH]4)c(-c4ccc(C(=O)N[C@@H](CCCCN)C(=O)NCCCN)cc4)c4nc(c(-c5ccc(C(=O)N[C@@H](CCCCN)C(=O)NCCCN)cc5)c5ccc2[nH]5)C=C4)C=C3)cc1)C(=O)NCCCN. The number of aromatic nitrogens is 4. The largest absolute Gasteiger partial charge is 0.354 e. The summed E-state index contributed by atoms with van der Waals surface area (Å²) in [5.74, 6) is -3.07. The molecule has 2 aliphatic heterocycles. The van der Waals surface area contributed by atoms with Crippen LogP contribution in [0.4, 0.5) is 0 Å². The quantitative estimate of drug-likeness (QED) is 0.0192. The summed E-state index contributed by atoms with van der Waals surface area (Å²) >= 11 is 0. The lowest BCUT2D eigenvalue weighted by molar-refractivity contribution is -0.123. The molecule has 0 radical (unpaired) electrons. The number of nitrogens with one attached hydrogen (secondary N) is 10. The van der Waals surface area contributed by atoms with Gasteiger partial charge < -0.3 is 98.4 Å². The summed E-state index contributed by atoms with van der Waals surface area (Å²) in [4.78, 5) is 129. The van der Waals surface area contributed by atoms with E-state index in [9.17, 15) is 38.4 Å². The maximum atomic E-state index is 14.2. The Morgan fingerprint density at radius 3 is 0.652 bits per heavy atom. The van der Waals surface area contributed by atoms with E-state index in [4.69, 9.17) is 55.8 Å². The number of fused-ring (bicyclic) bond motifs is 8. The number of aromatic amines is 2. The van der Waals surface area contributed by atoms with Crippen LogP contribution in [-0.2, 0) is 19.2 Å². The Hall–Kier alpha value is -11.1. The zero-order valence-corrected chi connectivity index (χ0v) is 63.7. The van der Waals surface area contributed by atoms with Crippen LogP contribution in [0.3, 0.4) is 0 Å². The van der Waals surface area contributed by atoms with Gasteiger partial charge in [-0.3, -0.25) is 38.4 Å². The molecule has 0 fully saturated rings. The first-order valence-electron chi connectivity index (χ1n) is 39.1. The molecule has 26 N–H and O–H groups in total. The first kappa shape index (κ1) is 84.9. The van der Waals surface area contributed by atoms with Crippen molar-refractivity contribution in [2.45, 2.75) is 127 Å². The predicted molar refractivity (Wildman–Crippen MR) is 444 cm³/mol. The average molecular weight is 1530 g/mol. The molecule has 7 aromatic rings. The number of carbonyl (C=O) groups excluding carboxylic acids is 8. The van der Waals surface area contributed by atoms with Crippen LogP contribution in [0.15, 0.2) is 121 Å². The van der Waals surface area contributed by atoms with Crippen molar-refractivity contribution in [2.24, 2.45) is 45.9 Å². The Bertz CT molecular complexity index is 4010. The molecule has 2 aliphatic rings. The zero-order valence-electron chi connectivity index (χ0n) is 63.7. The minimum atomic E-state index is -0.825. The Labute approximate surface area is 653 Å². The molecule has 28 heteroatoms. The monoisotopic (exact) mass is 1530 g/mol. The smallest absolute Gasteiger partial charge is 0.251 e. The van der Waals surface area contributed by atoms with Gasteiger partial charge in [0.25, 0.3) is 23.6 Å². The van der Waals surface area contributed by atoms with Crippen molar-refractivity contribution in [2.75, 3.05) is 78.5 Å². The predicted octanol–water partition coefficient (Wildman–Crippen LogP) is 6.09. The molecule has 0 aliphatic carbocycles. The van der Waals surface area contributed by atoms with E-state index in [1.54, 1.807) is 48.5 Å². The van der Waals surface area contributed by atoms with Crippen molar-refractivity contribution in [3.63, 3.8) is 0 Å². The van der Waals surface area contributed by atoms with Gasteiger partial charge in [0.1, 0.15) is 24.2 Å². The molecule has 8 bridgehead atoms. The van der Waals surface area contributed by atoms with Crippen molar-refractivity contribution in [3.8, 4) is 44.5 Å². The van der Waals surface area contributed by atoms with E-state index < -0.39 is 47.8 Å². The minimum absolute atomic E-state index is 0.303. The lowest BCUT2D eigenvalue weighted by Crippen LogP contribution is -2.47. The molecule has 28 nitrogen and oxygen atoms in total. The first-order valence-corrected chi connectivity index (χ1v) is 39.1.